The van der Waals surface area contributed by atoms with Crippen LogP contribution < -0.4 is 0 Å². The number of rotatable bonds is 0. The standard InChI is InChI=1S/Ag.Cu.Ni.Sn.Ti. The predicted molar refractivity (Wildman–Crippen MR) is 5.75 cm³/mol. The molecule has 0 saturated carbocycles. The fourth-order valence-electron chi connectivity index (χ4n) is 0. The maximum Gasteiger partial charge on any atom is 0 e. The molecule has 0 fully saturated rings. The summed E-state index contributed by atoms with van der Waals surface area (Å²) in [6.45, 7) is 0. The molecule has 0 aliphatic heterocycles. The van der Waals surface area contributed by atoms with Gasteiger partial charge in [0, 0.05) is 102 Å². The van der Waals surface area contributed by atoms with Gasteiger partial charge >= 0.3 is 0 Å². The summed E-state index contributed by atoms with van der Waals surface area (Å²) in [5.74, 6) is 0. The van der Waals surface area contributed by atoms with Crippen LogP contribution in [0.4, 0.5) is 0 Å². The van der Waals surface area contributed by atoms with E-state index in [1.807, 2.05) is 0 Å². The van der Waals surface area contributed by atoms with Gasteiger partial charge in [0.2, 0.25) is 0 Å². The minimum Gasteiger partial charge on any atom is 0 e. The van der Waals surface area contributed by atoms with Gasteiger partial charge in [-0.1, -0.05) is 0 Å². The third-order valence-electron chi connectivity index (χ3n) is 0. The molecule has 0 aliphatic rings. The molecule has 0 amide bonds. The Balaban J connectivity index is 0. The van der Waals surface area contributed by atoms with Crippen molar-refractivity contribution in [2.45, 2.75) is 0 Å². The van der Waals surface area contributed by atoms with Crippen LogP contribution >= 0.6 is 0 Å². The van der Waals surface area contributed by atoms with E-state index in [0.29, 0.717) is 0 Å². The molecule has 40 valence electrons. The minimum atomic E-state index is 0. The Morgan fingerprint density at radius 1 is 1.00 bits per heavy atom. The van der Waals surface area contributed by atoms with Crippen molar-refractivity contribution in [2.75, 3.05) is 0 Å². The van der Waals surface area contributed by atoms with Crippen LogP contribution in [0.25, 0.3) is 0 Å². The second-order valence-electron chi connectivity index (χ2n) is 0. The third-order valence-corrected chi connectivity index (χ3v) is 0. The van der Waals surface area contributed by atoms with Gasteiger partial charge in [0.25, 0.3) is 0 Å². The Morgan fingerprint density at radius 3 is 1.00 bits per heavy atom. The van der Waals surface area contributed by atoms with Gasteiger partial charge < -0.3 is 0 Å². The van der Waals surface area contributed by atoms with Crippen LogP contribution in [0.5, 0.6) is 0 Å². The summed E-state index contributed by atoms with van der Waals surface area (Å²) in [6, 6.07) is 0. The second kappa shape index (κ2) is 26.7. The van der Waals surface area contributed by atoms with Crippen molar-refractivity contribution in [3.63, 3.8) is 0 Å². The van der Waals surface area contributed by atoms with E-state index in [1.54, 1.807) is 0 Å². The third kappa shape index (κ3) is 18.9. The minimum absolute atomic E-state index is 0. The molecule has 0 aromatic carbocycles. The van der Waals surface area contributed by atoms with E-state index in [2.05, 4.69) is 0 Å². The molecule has 0 saturated heterocycles. The Morgan fingerprint density at radius 2 is 1.00 bits per heavy atom. The van der Waals surface area contributed by atoms with E-state index in [-0.39, 0.29) is 102 Å². The van der Waals surface area contributed by atoms with E-state index in [1.165, 1.54) is 0 Å². The van der Waals surface area contributed by atoms with Crippen LogP contribution in [-0.4, -0.2) is 23.9 Å². The maximum atomic E-state index is 0. The van der Waals surface area contributed by atoms with Crippen LogP contribution in [0.3, 0.4) is 0 Å². The van der Waals surface area contributed by atoms with Crippen LogP contribution in [0.1, 0.15) is 0 Å². The quantitative estimate of drug-likeness (QED) is 0.489. The molecule has 0 heterocycles. The molecule has 0 aliphatic carbocycles. The number of hydrogen-bond acceptors (Lipinski definition) is 0. The molecule has 5 heavy (non-hydrogen) atoms. The number of hydrogen-bond donors (Lipinski definition) is 0. The molecule has 0 spiro atoms. The van der Waals surface area contributed by atoms with Crippen molar-refractivity contribution < 1.29 is 77.7 Å². The van der Waals surface area contributed by atoms with Gasteiger partial charge in [-0.15, -0.1) is 0 Å². The summed E-state index contributed by atoms with van der Waals surface area (Å²) in [4.78, 5) is 0. The predicted octanol–water partition coefficient (Wildman–Crippen LogP) is -0.391. The van der Waals surface area contributed by atoms with Gasteiger partial charge in [0.15, 0.2) is 0 Å². The average molecular weight is 397 g/mol. The summed E-state index contributed by atoms with van der Waals surface area (Å²) in [6.07, 6.45) is 0. The summed E-state index contributed by atoms with van der Waals surface area (Å²) >= 11 is 0. The SMILES string of the molecule is [Ag].[Cu].[Ni].[Sn].[Ti]. The largest absolute Gasteiger partial charge is 0 e. The van der Waals surface area contributed by atoms with Gasteiger partial charge in [-0.3, -0.25) is 0 Å². The van der Waals surface area contributed by atoms with E-state index in [4.69, 9.17) is 0 Å². The van der Waals surface area contributed by atoms with E-state index >= 15 is 0 Å². The molecule has 6 radical (unpaired) electrons. The topological polar surface area (TPSA) is 0 Å². The molecule has 0 aromatic heterocycles. The van der Waals surface area contributed by atoms with Crippen LogP contribution in [-0.2, 0) is 77.7 Å². The maximum absolute atomic E-state index is 0. The molecule has 0 atom stereocenters. The summed E-state index contributed by atoms with van der Waals surface area (Å²) < 4.78 is 0. The molecule has 0 nitrogen and oxygen atoms in total. The zero-order valence-corrected chi connectivity index (χ0v) is 9.75. The zero-order valence-electron chi connectivity index (χ0n) is 1.92. The van der Waals surface area contributed by atoms with Gasteiger partial charge in [0.05, 0.1) is 0 Å². The first kappa shape index (κ1) is 40.9. The summed E-state index contributed by atoms with van der Waals surface area (Å²) in [7, 11) is 0. The van der Waals surface area contributed by atoms with Crippen LogP contribution in [0.2, 0.25) is 0 Å². The Labute approximate surface area is 99.7 Å². The average Bonchev–Trinajstić information content (AvgIpc) is 0. The molecular formula is AgCuNiSnTi. The first-order valence-electron chi connectivity index (χ1n) is 0. The van der Waals surface area contributed by atoms with E-state index in [0.717, 1.165) is 0 Å². The molecule has 0 rings (SSSR count). The second-order valence-corrected chi connectivity index (χ2v) is 0. The van der Waals surface area contributed by atoms with E-state index in [9.17, 15) is 0 Å². The van der Waals surface area contributed by atoms with Crippen LogP contribution in [0.15, 0.2) is 0 Å². The van der Waals surface area contributed by atoms with Gasteiger partial charge in [-0.05, 0) is 0 Å². The van der Waals surface area contributed by atoms with Crippen molar-refractivity contribution in [3.8, 4) is 0 Å². The fourth-order valence-corrected chi connectivity index (χ4v) is 0. The van der Waals surface area contributed by atoms with Crippen molar-refractivity contribution in [2.24, 2.45) is 0 Å². The van der Waals surface area contributed by atoms with Gasteiger partial charge in [0.1, 0.15) is 0 Å². The molecular weight excluding hydrogens is 397 g/mol. The fraction of sp³-hybridized carbons (Fsp3) is 0. The molecule has 0 aromatic rings. The monoisotopic (exact) mass is 396 g/mol. The first-order valence-corrected chi connectivity index (χ1v) is 0. The first-order chi connectivity index (χ1) is 0. The molecule has 0 unspecified atom stereocenters. The zero-order chi connectivity index (χ0) is 0. The smallest absolute Gasteiger partial charge is 0 e. The van der Waals surface area contributed by atoms with Gasteiger partial charge in [-0.2, -0.15) is 0 Å². The summed E-state index contributed by atoms with van der Waals surface area (Å²) in [5, 5.41) is 0. The molecule has 5 heteroatoms. The Hall–Kier alpha value is 3.27. The van der Waals surface area contributed by atoms with Crippen LogP contribution in [0, 0.1) is 0 Å². The molecule has 0 bridgehead atoms. The van der Waals surface area contributed by atoms with E-state index < -0.39 is 0 Å². The Bertz CT molecular complexity index is 11.6. The normalized spacial score (nSPS) is 0. The van der Waals surface area contributed by atoms with Crippen molar-refractivity contribution >= 4 is 23.9 Å². The van der Waals surface area contributed by atoms with Crippen molar-refractivity contribution in [1.82, 2.24) is 0 Å². The van der Waals surface area contributed by atoms with Gasteiger partial charge in [-0.25, -0.2) is 0 Å². The van der Waals surface area contributed by atoms with Crippen molar-refractivity contribution in [3.05, 3.63) is 0 Å². The Kier molecular flexibility index (Phi) is 219. The molecule has 0 N–H and O–H groups in total. The summed E-state index contributed by atoms with van der Waals surface area (Å²) in [5.41, 5.74) is 0. The van der Waals surface area contributed by atoms with Crippen molar-refractivity contribution in [1.29, 1.82) is 0 Å².